The highest BCUT2D eigenvalue weighted by molar-refractivity contribution is 7.12. The van der Waals surface area contributed by atoms with Crippen LogP contribution in [-0.4, -0.2) is 18.2 Å². The van der Waals surface area contributed by atoms with Gasteiger partial charge in [-0.2, -0.15) is 0 Å². The molecule has 0 bridgehead atoms. The lowest BCUT2D eigenvalue weighted by Gasteiger charge is -2.16. The van der Waals surface area contributed by atoms with Gasteiger partial charge in [-0.3, -0.25) is 0 Å². The number of carbonyl (C=O) groups is 1. The van der Waals surface area contributed by atoms with E-state index in [1.165, 1.54) is 16.2 Å². The summed E-state index contributed by atoms with van der Waals surface area (Å²) in [5, 5.41) is 12.5. The van der Waals surface area contributed by atoms with Gasteiger partial charge in [0, 0.05) is 9.75 Å². The quantitative estimate of drug-likeness (QED) is 0.854. The molecule has 0 aliphatic carbocycles. The predicted octanol–water partition coefficient (Wildman–Crippen LogP) is 3.56. The van der Waals surface area contributed by atoms with Crippen LogP contribution in [0.1, 0.15) is 22.7 Å². The number of anilines is 1. The van der Waals surface area contributed by atoms with Crippen molar-refractivity contribution in [3.05, 3.63) is 46.2 Å². The zero-order chi connectivity index (χ0) is 14.5. The van der Waals surface area contributed by atoms with Crippen molar-refractivity contribution in [3.63, 3.8) is 0 Å². The Hall–Kier alpha value is -2.01. The zero-order valence-corrected chi connectivity index (χ0v) is 12.2. The summed E-state index contributed by atoms with van der Waals surface area (Å²) in [6.07, 6.45) is 0.908. The van der Waals surface area contributed by atoms with Crippen LogP contribution in [0.15, 0.2) is 36.4 Å². The molecule has 1 unspecified atom stereocenters. The van der Waals surface area contributed by atoms with E-state index >= 15 is 0 Å². The second-order valence-electron chi connectivity index (χ2n) is 4.27. The van der Waals surface area contributed by atoms with Gasteiger partial charge in [0.15, 0.2) is 6.04 Å². The maximum absolute atomic E-state index is 11.5. The summed E-state index contributed by atoms with van der Waals surface area (Å²) >= 11 is 1.52. The molecule has 0 saturated heterocycles. The minimum absolute atomic E-state index is 0.631. The first-order valence-electron chi connectivity index (χ1n) is 6.36. The molecule has 2 aromatic rings. The summed E-state index contributed by atoms with van der Waals surface area (Å²) in [5.41, 5.74) is 0.675. The molecule has 1 aromatic carbocycles. The number of hydrogen-bond donors (Lipinski definition) is 2. The van der Waals surface area contributed by atoms with Crippen LogP contribution in [0.3, 0.4) is 0 Å². The number of nitrogens with one attached hydrogen (secondary N) is 1. The number of benzene rings is 1. The summed E-state index contributed by atoms with van der Waals surface area (Å²) in [6.45, 7) is 2.05. The monoisotopic (exact) mass is 291 g/mol. The number of hydrogen-bond acceptors (Lipinski definition) is 4. The molecule has 106 valence electrons. The van der Waals surface area contributed by atoms with Crippen LogP contribution in [-0.2, 0) is 11.2 Å². The van der Waals surface area contributed by atoms with E-state index in [2.05, 4.69) is 12.2 Å². The maximum Gasteiger partial charge on any atom is 0.331 e. The topological polar surface area (TPSA) is 58.6 Å². The number of aliphatic carboxylic acids is 1. The largest absolute Gasteiger partial charge is 0.495 e. The highest BCUT2D eigenvalue weighted by Gasteiger charge is 2.22. The third kappa shape index (κ3) is 3.11. The van der Waals surface area contributed by atoms with Gasteiger partial charge < -0.3 is 15.2 Å². The van der Waals surface area contributed by atoms with Gasteiger partial charge in [0.05, 0.1) is 12.8 Å². The Balaban J connectivity index is 2.28. The Morgan fingerprint density at radius 3 is 2.70 bits per heavy atom. The number of thiophene rings is 1. The Labute approximate surface area is 122 Å². The van der Waals surface area contributed by atoms with Crippen LogP contribution in [0, 0.1) is 0 Å². The highest BCUT2D eigenvalue weighted by Crippen LogP contribution is 2.31. The van der Waals surface area contributed by atoms with Gasteiger partial charge >= 0.3 is 5.97 Å². The molecule has 1 atom stereocenters. The summed E-state index contributed by atoms with van der Waals surface area (Å²) in [6, 6.07) is 10.4. The first kappa shape index (κ1) is 14.4. The normalized spacial score (nSPS) is 11.9. The van der Waals surface area contributed by atoms with E-state index in [0.29, 0.717) is 11.4 Å². The lowest BCUT2D eigenvalue weighted by atomic mass is 10.2. The van der Waals surface area contributed by atoms with Crippen molar-refractivity contribution in [2.45, 2.75) is 19.4 Å². The standard InChI is InChI=1S/C15H17NO3S/c1-3-10-8-9-13(20-10)14(15(17)18)16-11-6-4-5-7-12(11)19-2/h4-9,14,16H,3H2,1-2H3,(H,17,18). The molecule has 4 nitrogen and oxygen atoms in total. The van der Waals surface area contributed by atoms with E-state index in [1.54, 1.807) is 13.2 Å². The van der Waals surface area contributed by atoms with Crippen LogP contribution < -0.4 is 10.1 Å². The average Bonchev–Trinajstić information content (AvgIpc) is 2.93. The van der Waals surface area contributed by atoms with Crippen molar-refractivity contribution in [2.75, 3.05) is 12.4 Å². The maximum atomic E-state index is 11.5. The highest BCUT2D eigenvalue weighted by atomic mass is 32.1. The third-order valence-electron chi connectivity index (χ3n) is 2.97. The van der Waals surface area contributed by atoms with Crippen molar-refractivity contribution >= 4 is 23.0 Å². The third-order valence-corrected chi connectivity index (χ3v) is 4.26. The van der Waals surface area contributed by atoms with Gasteiger partial charge in [0.2, 0.25) is 0 Å². The molecule has 0 aliphatic heterocycles. The molecule has 0 spiro atoms. The first-order valence-corrected chi connectivity index (χ1v) is 7.18. The fraction of sp³-hybridized carbons (Fsp3) is 0.267. The molecule has 5 heteroatoms. The van der Waals surface area contributed by atoms with Gasteiger partial charge in [0.1, 0.15) is 5.75 Å². The van der Waals surface area contributed by atoms with Crippen molar-refractivity contribution in [1.29, 1.82) is 0 Å². The SMILES string of the molecule is CCc1ccc(C(Nc2ccccc2OC)C(=O)O)s1. The number of carboxylic acid groups (broad SMARTS) is 1. The van der Waals surface area contributed by atoms with E-state index in [1.807, 2.05) is 30.3 Å². The van der Waals surface area contributed by atoms with Gasteiger partial charge in [-0.15, -0.1) is 11.3 Å². The molecule has 0 saturated carbocycles. The molecule has 0 amide bonds. The summed E-state index contributed by atoms with van der Waals surface area (Å²) in [4.78, 5) is 13.5. The second-order valence-corrected chi connectivity index (χ2v) is 5.47. The van der Waals surface area contributed by atoms with Crippen LogP contribution in [0.4, 0.5) is 5.69 Å². The van der Waals surface area contributed by atoms with Crippen LogP contribution >= 0.6 is 11.3 Å². The summed E-state index contributed by atoms with van der Waals surface area (Å²) in [7, 11) is 1.57. The molecule has 2 N–H and O–H groups in total. The number of rotatable bonds is 6. The molecule has 2 rings (SSSR count). The molecule has 1 aromatic heterocycles. The lowest BCUT2D eigenvalue weighted by molar-refractivity contribution is -0.138. The average molecular weight is 291 g/mol. The van der Waals surface area contributed by atoms with Crippen LogP contribution in [0.5, 0.6) is 5.75 Å². The van der Waals surface area contributed by atoms with E-state index < -0.39 is 12.0 Å². The molecular formula is C15H17NO3S. The summed E-state index contributed by atoms with van der Waals surface area (Å²) in [5.74, 6) is -0.272. The van der Waals surface area contributed by atoms with E-state index in [4.69, 9.17) is 4.74 Å². The van der Waals surface area contributed by atoms with Gasteiger partial charge in [-0.1, -0.05) is 19.1 Å². The lowest BCUT2D eigenvalue weighted by Crippen LogP contribution is -2.19. The number of para-hydroxylation sites is 2. The number of carboxylic acids is 1. The zero-order valence-electron chi connectivity index (χ0n) is 11.4. The predicted molar refractivity (Wildman–Crippen MR) is 80.7 cm³/mol. The number of ether oxygens (including phenoxy) is 1. The Kier molecular flexibility index (Phi) is 4.63. The van der Waals surface area contributed by atoms with E-state index in [9.17, 15) is 9.90 Å². The van der Waals surface area contributed by atoms with Crippen LogP contribution in [0.25, 0.3) is 0 Å². The minimum Gasteiger partial charge on any atom is -0.495 e. The molecular weight excluding hydrogens is 274 g/mol. The van der Waals surface area contributed by atoms with Crippen LogP contribution in [0.2, 0.25) is 0 Å². The molecule has 0 radical (unpaired) electrons. The van der Waals surface area contributed by atoms with E-state index in [0.717, 1.165) is 11.3 Å². The molecule has 20 heavy (non-hydrogen) atoms. The number of aryl methyl sites for hydroxylation is 1. The second kappa shape index (κ2) is 6.43. The summed E-state index contributed by atoms with van der Waals surface area (Å²) < 4.78 is 5.24. The minimum atomic E-state index is -0.902. The van der Waals surface area contributed by atoms with E-state index in [-0.39, 0.29) is 0 Å². The molecule has 0 fully saturated rings. The van der Waals surface area contributed by atoms with Gasteiger partial charge in [0.25, 0.3) is 0 Å². The van der Waals surface area contributed by atoms with Crippen molar-refractivity contribution in [2.24, 2.45) is 0 Å². The Morgan fingerprint density at radius 1 is 1.35 bits per heavy atom. The van der Waals surface area contributed by atoms with Crippen molar-refractivity contribution < 1.29 is 14.6 Å². The van der Waals surface area contributed by atoms with Gasteiger partial charge in [-0.25, -0.2) is 4.79 Å². The Morgan fingerprint density at radius 2 is 2.10 bits per heavy atom. The molecule has 1 heterocycles. The number of methoxy groups -OCH3 is 1. The fourth-order valence-electron chi connectivity index (χ4n) is 1.91. The fourth-order valence-corrected chi connectivity index (χ4v) is 2.91. The van der Waals surface area contributed by atoms with Crippen molar-refractivity contribution in [1.82, 2.24) is 0 Å². The molecule has 0 aliphatic rings. The Bertz CT molecular complexity index is 594. The van der Waals surface area contributed by atoms with Gasteiger partial charge in [-0.05, 0) is 30.7 Å². The van der Waals surface area contributed by atoms with Crippen molar-refractivity contribution in [3.8, 4) is 5.75 Å². The first-order chi connectivity index (χ1) is 9.65. The smallest absolute Gasteiger partial charge is 0.331 e.